The fourth-order valence-electron chi connectivity index (χ4n) is 2.34. The molecule has 0 atom stereocenters. The number of aliphatic carboxylic acids is 1. The molecule has 0 aliphatic rings. The van der Waals surface area contributed by atoms with E-state index in [1.54, 1.807) is 5.32 Å². The number of carbonyl (C=O) groups excluding carboxylic acids is 2. The van der Waals surface area contributed by atoms with E-state index in [2.05, 4.69) is 0 Å². The molecule has 0 aliphatic carbocycles. The number of carboxylic acids is 2. The first-order valence-electron chi connectivity index (χ1n) is 7.42. The van der Waals surface area contributed by atoms with Crippen LogP contribution in [-0.2, 0) is 11.2 Å². The number of nitrogens with one attached hydrogen (secondary N) is 1. The Bertz CT molecular complexity index is 1010. The van der Waals surface area contributed by atoms with Gasteiger partial charge in [0.25, 0.3) is 11.8 Å². The van der Waals surface area contributed by atoms with E-state index < -0.39 is 69.9 Å². The lowest BCUT2D eigenvalue weighted by molar-refractivity contribution is -0.136. The van der Waals surface area contributed by atoms with Crippen LogP contribution in [0.25, 0.3) is 0 Å². The third-order valence-electron chi connectivity index (χ3n) is 3.56. The van der Waals surface area contributed by atoms with Gasteiger partial charge in [0.15, 0.2) is 0 Å². The van der Waals surface area contributed by atoms with Crippen LogP contribution in [0.5, 0.6) is 23.0 Å². The highest BCUT2D eigenvalue weighted by atomic mass is 16.4. The Morgan fingerprint density at radius 3 is 1.68 bits per heavy atom. The normalized spacial score (nSPS) is 10.3. The molecule has 0 aliphatic heterocycles. The third-order valence-corrected chi connectivity index (χ3v) is 3.56. The van der Waals surface area contributed by atoms with Crippen LogP contribution in [0.4, 0.5) is 0 Å². The maximum Gasteiger partial charge on any atom is 0.339 e. The van der Waals surface area contributed by atoms with Crippen molar-refractivity contribution in [2.45, 2.75) is 6.42 Å². The molecule has 7 N–H and O–H groups in total. The lowest BCUT2D eigenvalue weighted by Gasteiger charge is -2.11. The molecule has 2 amide bonds. The molecule has 0 aromatic heterocycles. The number of aromatic hydroxyl groups is 4. The summed E-state index contributed by atoms with van der Waals surface area (Å²) in [4.78, 5) is 46.3. The van der Waals surface area contributed by atoms with Crippen LogP contribution in [0.3, 0.4) is 0 Å². The molecule has 2 aromatic carbocycles. The average Bonchev–Trinajstić information content (AvgIpc) is 2.58. The number of hydrogen-bond donors (Lipinski definition) is 7. The Labute approximate surface area is 155 Å². The Kier molecular flexibility index (Phi) is 5.39. The molecule has 11 heteroatoms. The van der Waals surface area contributed by atoms with Crippen LogP contribution < -0.4 is 5.32 Å². The first-order valence-corrected chi connectivity index (χ1v) is 7.42. The number of benzene rings is 2. The van der Waals surface area contributed by atoms with Crippen LogP contribution in [0, 0.1) is 0 Å². The van der Waals surface area contributed by atoms with Crippen molar-refractivity contribution < 1.29 is 49.8 Å². The van der Waals surface area contributed by atoms with Crippen molar-refractivity contribution in [2.75, 3.05) is 0 Å². The molecular weight excluding hydrogens is 378 g/mol. The summed E-state index contributed by atoms with van der Waals surface area (Å²) in [7, 11) is 0. The molecule has 28 heavy (non-hydrogen) atoms. The number of carboxylic acid groups (broad SMARTS) is 2. The molecule has 0 saturated heterocycles. The van der Waals surface area contributed by atoms with E-state index in [0.29, 0.717) is 12.1 Å². The van der Waals surface area contributed by atoms with E-state index in [1.807, 2.05) is 0 Å². The first kappa shape index (κ1) is 20.0. The van der Waals surface area contributed by atoms with Crippen molar-refractivity contribution in [2.24, 2.45) is 0 Å². The number of phenols is 4. The topological polar surface area (TPSA) is 202 Å². The maximum absolute atomic E-state index is 12.2. The van der Waals surface area contributed by atoms with Crippen molar-refractivity contribution >= 4 is 23.8 Å². The Morgan fingerprint density at radius 2 is 1.18 bits per heavy atom. The number of imide groups is 1. The lowest BCUT2D eigenvalue weighted by atomic mass is 10.0. The second-order valence-corrected chi connectivity index (χ2v) is 5.55. The van der Waals surface area contributed by atoms with E-state index in [0.717, 1.165) is 12.1 Å². The van der Waals surface area contributed by atoms with Crippen LogP contribution in [0.2, 0.25) is 0 Å². The molecular formula is C17H13NO10. The molecule has 146 valence electrons. The van der Waals surface area contributed by atoms with Gasteiger partial charge >= 0.3 is 11.9 Å². The van der Waals surface area contributed by atoms with Gasteiger partial charge in [-0.25, -0.2) is 4.79 Å². The van der Waals surface area contributed by atoms with Crippen LogP contribution in [0.15, 0.2) is 24.3 Å². The van der Waals surface area contributed by atoms with Crippen LogP contribution in [0.1, 0.15) is 36.6 Å². The highest BCUT2D eigenvalue weighted by molar-refractivity contribution is 6.13. The summed E-state index contributed by atoms with van der Waals surface area (Å²) in [5, 5.41) is 58.4. The standard InChI is InChI=1S/C17H13NO10/c19-7-1-6(2-12(21)22)13(23)9(3-7)15(25)18-16(26)10-4-8(20)5-11(14(10)24)17(27)28/h1,3-5,19-20,23-24H,2H2,(H,21,22)(H,27,28)(H,18,25,26). The van der Waals surface area contributed by atoms with Crippen molar-refractivity contribution in [3.05, 3.63) is 46.5 Å². The Morgan fingerprint density at radius 1 is 0.714 bits per heavy atom. The van der Waals surface area contributed by atoms with Crippen LogP contribution in [-0.4, -0.2) is 54.4 Å². The largest absolute Gasteiger partial charge is 0.508 e. The lowest BCUT2D eigenvalue weighted by Crippen LogP contribution is -2.31. The Hall–Kier alpha value is -4.28. The minimum Gasteiger partial charge on any atom is -0.508 e. The minimum atomic E-state index is -1.64. The van der Waals surface area contributed by atoms with E-state index in [9.17, 15) is 39.6 Å². The first-order chi connectivity index (χ1) is 13.0. The molecule has 0 bridgehead atoms. The fraction of sp³-hybridized carbons (Fsp3) is 0.0588. The smallest absolute Gasteiger partial charge is 0.339 e. The van der Waals surface area contributed by atoms with Gasteiger partial charge in [-0.3, -0.25) is 19.7 Å². The predicted molar refractivity (Wildman–Crippen MR) is 89.6 cm³/mol. The van der Waals surface area contributed by atoms with Crippen molar-refractivity contribution in [3.8, 4) is 23.0 Å². The summed E-state index contributed by atoms with van der Waals surface area (Å²) >= 11 is 0. The number of phenolic OH excluding ortho intramolecular Hbond substituents is 3. The molecule has 0 saturated carbocycles. The second-order valence-electron chi connectivity index (χ2n) is 5.55. The monoisotopic (exact) mass is 391 g/mol. The zero-order chi connectivity index (χ0) is 21.2. The highest BCUT2D eigenvalue weighted by Crippen LogP contribution is 2.30. The van der Waals surface area contributed by atoms with E-state index in [-0.39, 0.29) is 5.56 Å². The summed E-state index contributed by atoms with van der Waals surface area (Å²) in [5.41, 5.74) is -2.46. The molecule has 0 fully saturated rings. The summed E-state index contributed by atoms with van der Waals surface area (Å²) in [6.45, 7) is 0. The van der Waals surface area contributed by atoms with E-state index in [4.69, 9.17) is 10.2 Å². The van der Waals surface area contributed by atoms with Gasteiger partial charge in [0.2, 0.25) is 0 Å². The zero-order valence-electron chi connectivity index (χ0n) is 13.8. The molecule has 11 nitrogen and oxygen atoms in total. The third kappa shape index (κ3) is 4.09. The predicted octanol–water partition coefficient (Wildman–Crippen LogP) is 0.404. The molecule has 0 spiro atoms. The van der Waals surface area contributed by atoms with Crippen molar-refractivity contribution in [1.29, 1.82) is 0 Å². The van der Waals surface area contributed by atoms with Gasteiger partial charge in [-0.2, -0.15) is 0 Å². The van der Waals surface area contributed by atoms with Gasteiger partial charge in [0, 0.05) is 5.56 Å². The van der Waals surface area contributed by atoms with Crippen molar-refractivity contribution in [1.82, 2.24) is 5.32 Å². The summed E-state index contributed by atoms with van der Waals surface area (Å²) in [6, 6.07) is 3.09. The number of aromatic carboxylic acids is 1. The number of rotatable bonds is 5. The summed E-state index contributed by atoms with van der Waals surface area (Å²) in [6.07, 6.45) is -0.718. The number of amides is 2. The zero-order valence-corrected chi connectivity index (χ0v) is 13.8. The van der Waals surface area contributed by atoms with Gasteiger partial charge < -0.3 is 30.6 Å². The fourth-order valence-corrected chi connectivity index (χ4v) is 2.34. The SMILES string of the molecule is O=C(O)Cc1cc(O)cc(C(=O)NC(=O)c2cc(O)cc(C(=O)O)c2O)c1O. The van der Waals surface area contributed by atoms with Crippen LogP contribution >= 0.6 is 0 Å². The van der Waals surface area contributed by atoms with E-state index in [1.165, 1.54) is 0 Å². The maximum atomic E-state index is 12.2. The molecule has 0 unspecified atom stereocenters. The molecule has 0 radical (unpaired) electrons. The second kappa shape index (κ2) is 7.53. The number of hydrogen-bond acceptors (Lipinski definition) is 8. The summed E-state index contributed by atoms with van der Waals surface area (Å²) < 4.78 is 0. The highest BCUT2D eigenvalue weighted by Gasteiger charge is 2.24. The quantitative estimate of drug-likeness (QED) is 0.276. The van der Waals surface area contributed by atoms with Gasteiger partial charge in [-0.05, 0) is 24.3 Å². The van der Waals surface area contributed by atoms with Gasteiger partial charge in [0.05, 0.1) is 17.5 Å². The Balaban J connectivity index is 2.39. The van der Waals surface area contributed by atoms with Gasteiger partial charge in [0.1, 0.15) is 28.6 Å². The minimum absolute atomic E-state index is 0.293. The average molecular weight is 391 g/mol. The number of carbonyl (C=O) groups is 4. The molecule has 0 heterocycles. The molecule has 2 aromatic rings. The summed E-state index contributed by atoms with van der Waals surface area (Å²) in [5.74, 6) is -8.61. The van der Waals surface area contributed by atoms with Crippen molar-refractivity contribution in [3.63, 3.8) is 0 Å². The van der Waals surface area contributed by atoms with E-state index >= 15 is 0 Å². The van der Waals surface area contributed by atoms with Gasteiger partial charge in [-0.15, -0.1) is 0 Å². The van der Waals surface area contributed by atoms with Gasteiger partial charge in [-0.1, -0.05) is 0 Å². The molecule has 2 rings (SSSR count).